The minimum absolute atomic E-state index is 0.0990. The fourth-order valence-electron chi connectivity index (χ4n) is 0.527. The van der Waals surface area contributed by atoms with Gasteiger partial charge in [0.05, 0.1) is 0 Å². The third-order valence-electron chi connectivity index (χ3n) is 0.807. The molecule has 0 bridgehead atoms. The van der Waals surface area contributed by atoms with E-state index in [1.54, 1.807) is 0 Å². The van der Waals surface area contributed by atoms with Crippen molar-refractivity contribution in [1.82, 2.24) is 0 Å². The van der Waals surface area contributed by atoms with Crippen LogP contribution in [0.4, 0.5) is 0 Å². The molecule has 1 aliphatic rings. The fraction of sp³-hybridized carbons (Fsp3) is 1.00. The van der Waals surface area contributed by atoms with E-state index in [-0.39, 0.29) is 6.79 Å². The van der Waals surface area contributed by atoms with Crippen LogP contribution in [0.1, 0.15) is 0 Å². The van der Waals surface area contributed by atoms with E-state index >= 15 is 0 Å². The van der Waals surface area contributed by atoms with Gasteiger partial charge in [-0.3, -0.25) is 9.05 Å². The SMILES string of the molecule is C[Si](C)(C)OP1(=O)OCO1. The van der Waals surface area contributed by atoms with E-state index in [0.29, 0.717) is 0 Å². The van der Waals surface area contributed by atoms with Crippen molar-refractivity contribution in [3.8, 4) is 0 Å². The quantitative estimate of drug-likeness (QED) is 0.483. The zero-order valence-electron chi connectivity index (χ0n) is 6.29. The lowest BCUT2D eigenvalue weighted by atomic mass is 11.6. The summed E-state index contributed by atoms with van der Waals surface area (Å²) in [5.41, 5.74) is 0. The van der Waals surface area contributed by atoms with Gasteiger partial charge in [-0.1, -0.05) is 0 Å². The van der Waals surface area contributed by atoms with Gasteiger partial charge in [0.25, 0.3) is 0 Å². The molecule has 0 radical (unpaired) electrons. The molecular weight excluding hydrogens is 171 g/mol. The third-order valence-corrected chi connectivity index (χ3v) is 4.74. The van der Waals surface area contributed by atoms with E-state index < -0.39 is 16.1 Å². The summed E-state index contributed by atoms with van der Waals surface area (Å²) >= 11 is 0. The molecule has 0 N–H and O–H groups in total. The average Bonchev–Trinajstić information content (AvgIpc) is 1.57. The summed E-state index contributed by atoms with van der Waals surface area (Å²) in [6.45, 7) is 5.88. The van der Waals surface area contributed by atoms with Gasteiger partial charge >= 0.3 is 7.82 Å². The molecule has 6 heteroatoms. The van der Waals surface area contributed by atoms with Crippen LogP contribution in [0.3, 0.4) is 0 Å². The summed E-state index contributed by atoms with van der Waals surface area (Å²) in [4.78, 5) is 0. The van der Waals surface area contributed by atoms with Crippen LogP contribution >= 0.6 is 7.82 Å². The topological polar surface area (TPSA) is 44.8 Å². The van der Waals surface area contributed by atoms with E-state index in [0.717, 1.165) is 0 Å². The normalized spacial score (nSPS) is 23.9. The second-order valence-corrected chi connectivity index (χ2v) is 9.39. The standard InChI is InChI=1S/C4H11O4PSi/c1-10(2,3)8-9(5)6-4-7-9/h4H2,1-3H3. The van der Waals surface area contributed by atoms with Crippen LogP contribution in [0.2, 0.25) is 19.6 Å². The molecule has 1 aliphatic heterocycles. The zero-order chi connectivity index (χ0) is 7.83. The van der Waals surface area contributed by atoms with Crippen LogP contribution in [0, 0.1) is 0 Å². The summed E-state index contributed by atoms with van der Waals surface area (Å²) in [5, 5.41) is 0. The Kier molecular flexibility index (Phi) is 2.04. The Bertz CT molecular complexity index is 167. The molecular formula is C4H11O4PSi. The van der Waals surface area contributed by atoms with Crippen LogP contribution in [0.25, 0.3) is 0 Å². The molecule has 1 heterocycles. The molecule has 0 aromatic carbocycles. The predicted molar refractivity (Wildman–Crippen MR) is 39.1 cm³/mol. The van der Waals surface area contributed by atoms with Crippen LogP contribution < -0.4 is 0 Å². The number of rotatable bonds is 2. The lowest BCUT2D eigenvalue weighted by Gasteiger charge is -2.30. The van der Waals surface area contributed by atoms with Crippen LogP contribution in [-0.4, -0.2) is 15.1 Å². The highest BCUT2D eigenvalue weighted by Gasteiger charge is 2.40. The van der Waals surface area contributed by atoms with Crippen molar-refractivity contribution in [3.63, 3.8) is 0 Å². The maximum atomic E-state index is 11.1. The Balaban J connectivity index is 2.45. The minimum atomic E-state index is -3.05. The van der Waals surface area contributed by atoms with E-state index in [1.165, 1.54) is 0 Å². The summed E-state index contributed by atoms with van der Waals surface area (Å²) in [7, 11) is -4.83. The monoisotopic (exact) mass is 182 g/mol. The Morgan fingerprint density at radius 2 is 1.90 bits per heavy atom. The first-order valence-electron chi connectivity index (χ1n) is 3.01. The van der Waals surface area contributed by atoms with Gasteiger partial charge in [0.15, 0.2) is 15.1 Å². The van der Waals surface area contributed by atoms with Crippen molar-refractivity contribution in [3.05, 3.63) is 0 Å². The summed E-state index contributed by atoms with van der Waals surface area (Å²) in [6.07, 6.45) is 0. The minimum Gasteiger partial charge on any atom is -0.330 e. The van der Waals surface area contributed by atoms with Crippen molar-refractivity contribution >= 4 is 16.1 Å². The van der Waals surface area contributed by atoms with E-state index in [1.807, 2.05) is 19.6 Å². The molecule has 0 spiro atoms. The molecule has 0 unspecified atom stereocenters. The second kappa shape index (κ2) is 2.43. The first kappa shape index (κ1) is 8.42. The van der Waals surface area contributed by atoms with Crippen LogP contribution in [0.5, 0.6) is 0 Å². The molecule has 10 heavy (non-hydrogen) atoms. The highest BCUT2D eigenvalue weighted by molar-refractivity contribution is 7.51. The summed E-state index contributed by atoms with van der Waals surface area (Å²) in [6, 6.07) is 0. The first-order valence-corrected chi connectivity index (χ1v) is 7.88. The van der Waals surface area contributed by atoms with E-state index in [9.17, 15) is 4.57 Å². The molecule has 1 fully saturated rings. The number of phosphoric acid groups is 1. The van der Waals surface area contributed by atoms with E-state index in [2.05, 4.69) is 9.05 Å². The largest absolute Gasteiger partial charge is 0.469 e. The smallest absolute Gasteiger partial charge is 0.330 e. The van der Waals surface area contributed by atoms with Crippen LogP contribution in [0.15, 0.2) is 0 Å². The molecule has 0 saturated carbocycles. The molecule has 60 valence electrons. The van der Waals surface area contributed by atoms with Gasteiger partial charge in [-0.05, 0) is 19.6 Å². The zero-order valence-corrected chi connectivity index (χ0v) is 8.18. The molecule has 1 rings (SSSR count). The maximum absolute atomic E-state index is 11.1. The van der Waals surface area contributed by atoms with Gasteiger partial charge in [0.2, 0.25) is 0 Å². The first-order chi connectivity index (χ1) is 4.41. The molecule has 0 aromatic rings. The molecule has 4 nitrogen and oxygen atoms in total. The number of phosphoric ester groups is 1. The van der Waals surface area contributed by atoms with E-state index in [4.69, 9.17) is 4.21 Å². The molecule has 0 aromatic heterocycles. The van der Waals surface area contributed by atoms with Crippen molar-refractivity contribution < 1.29 is 17.8 Å². The van der Waals surface area contributed by atoms with Gasteiger partial charge < -0.3 is 4.21 Å². The van der Waals surface area contributed by atoms with Crippen molar-refractivity contribution in [2.75, 3.05) is 6.79 Å². The number of hydrogen-bond acceptors (Lipinski definition) is 4. The molecule has 0 amide bonds. The van der Waals surface area contributed by atoms with Crippen molar-refractivity contribution in [2.24, 2.45) is 0 Å². The summed E-state index contributed by atoms with van der Waals surface area (Å²) in [5.74, 6) is 0. The third kappa shape index (κ3) is 2.18. The van der Waals surface area contributed by atoms with Gasteiger partial charge in [0.1, 0.15) is 0 Å². The molecule has 1 saturated heterocycles. The van der Waals surface area contributed by atoms with Crippen LogP contribution in [-0.2, 0) is 17.8 Å². The highest BCUT2D eigenvalue weighted by Crippen LogP contribution is 2.58. The number of hydrogen-bond donors (Lipinski definition) is 0. The predicted octanol–water partition coefficient (Wildman–Crippen LogP) is 1.95. The lowest BCUT2D eigenvalue weighted by molar-refractivity contribution is -0.0234. The average molecular weight is 182 g/mol. The van der Waals surface area contributed by atoms with Gasteiger partial charge in [-0.15, -0.1) is 0 Å². The van der Waals surface area contributed by atoms with Gasteiger partial charge in [0, 0.05) is 0 Å². The Hall–Kier alpha value is 0.327. The second-order valence-electron chi connectivity index (χ2n) is 3.03. The van der Waals surface area contributed by atoms with Gasteiger partial charge in [-0.2, -0.15) is 0 Å². The highest BCUT2D eigenvalue weighted by atomic mass is 31.2. The van der Waals surface area contributed by atoms with Crippen molar-refractivity contribution in [2.45, 2.75) is 19.6 Å². The lowest BCUT2D eigenvalue weighted by Crippen LogP contribution is -2.28. The Labute approximate surface area is 61.2 Å². The molecule has 0 aliphatic carbocycles. The van der Waals surface area contributed by atoms with Crippen molar-refractivity contribution in [1.29, 1.82) is 0 Å². The molecule has 0 atom stereocenters. The van der Waals surface area contributed by atoms with Gasteiger partial charge in [-0.25, -0.2) is 4.57 Å². The Morgan fingerprint density at radius 3 is 2.00 bits per heavy atom. The Morgan fingerprint density at radius 1 is 1.40 bits per heavy atom. The fourth-order valence-corrected chi connectivity index (χ4v) is 3.91. The maximum Gasteiger partial charge on any atom is 0.469 e. The summed E-state index contributed by atoms with van der Waals surface area (Å²) < 4.78 is 25.4.